The molecule has 1 aromatic rings. The van der Waals surface area contributed by atoms with Crippen LogP contribution in [0.1, 0.15) is 0 Å². The van der Waals surface area contributed by atoms with E-state index in [1.165, 1.54) is 31.4 Å². The smallest absolute Gasteiger partial charge is 0.429 e. The highest BCUT2D eigenvalue weighted by molar-refractivity contribution is 8.05. The summed E-state index contributed by atoms with van der Waals surface area (Å²) in [7, 11) is -1.55. The zero-order chi connectivity index (χ0) is 11.5. The minimum atomic E-state index is -4.03. The normalized spacial score (nSPS) is 10.8. The van der Waals surface area contributed by atoms with Gasteiger partial charge in [-0.2, -0.15) is 0 Å². The van der Waals surface area contributed by atoms with Crippen molar-refractivity contribution < 1.29 is 22.7 Å². The predicted molar refractivity (Wildman–Crippen MR) is 52.6 cm³/mol. The van der Waals surface area contributed by atoms with Crippen LogP contribution in [-0.4, -0.2) is 27.9 Å². The van der Waals surface area contributed by atoms with Gasteiger partial charge in [0.1, 0.15) is 5.75 Å². The minimum Gasteiger partial charge on any atom is -0.497 e. The van der Waals surface area contributed by atoms with Crippen LogP contribution < -0.4 is 4.74 Å². The van der Waals surface area contributed by atoms with Crippen LogP contribution in [0.25, 0.3) is 0 Å². The van der Waals surface area contributed by atoms with Crippen molar-refractivity contribution in [3.63, 3.8) is 0 Å². The third-order valence-corrected chi connectivity index (χ3v) is 3.25. The Labute approximate surface area is 87.5 Å². The number of methoxy groups -OCH3 is 2. The van der Waals surface area contributed by atoms with Gasteiger partial charge in [0.05, 0.1) is 19.1 Å². The van der Waals surface area contributed by atoms with Crippen LogP contribution in [0.3, 0.4) is 0 Å². The molecule has 0 atom stereocenters. The van der Waals surface area contributed by atoms with Crippen LogP contribution >= 0.6 is 0 Å². The summed E-state index contributed by atoms with van der Waals surface area (Å²) in [4.78, 5) is 10.8. The van der Waals surface area contributed by atoms with Crippen LogP contribution in [0.15, 0.2) is 29.2 Å². The average Bonchev–Trinajstić information content (AvgIpc) is 2.28. The Kier molecular flexibility index (Phi) is 3.31. The van der Waals surface area contributed by atoms with E-state index in [9.17, 15) is 13.2 Å². The fourth-order valence-corrected chi connectivity index (χ4v) is 1.87. The summed E-state index contributed by atoms with van der Waals surface area (Å²) in [5, 5.41) is -1.27. The number of rotatable bonds is 2. The van der Waals surface area contributed by atoms with Crippen molar-refractivity contribution in [1.29, 1.82) is 0 Å². The summed E-state index contributed by atoms with van der Waals surface area (Å²) in [5.74, 6) is 0.513. The van der Waals surface area contributed by atoms with Crippen molar-refractivity contribution in [1.82, 2.24) is 0 Å². The molecule has 0 amide bonds. The number of carbonyl (C=O) groups is 1. The molecule has 15 heavy (non-hydrogen) atoms. The topological polar surface area (TPSA) is 69.7 Å². The first kappa shape index (κ1) is 11.5. The Morgan fingerprint density at radius 2 is 1.67 bits per heavy atom. The first-order chi connectivity index (χ1) is 7.02. The van der Waals surface area contributed by atoms with E-state index in [2.05, 4.69) is 4.74 Å². The summed E-state index contributed by atoms with van der Waals surface area (Å²) in [6, 6.07) is 5.47. The first-order valence-electron chi connectivity index (χ1n) is 3.99. The molecule has 0 heterocycles. The Bertz CT molecular complexity index is 446. The SMILES string of the molecule is COC(=O)S(=O)(=O)c1ccc(OC)cc1. The van der Waals surface area contributed by atoms with Gasteiger partial charge < -0.3 is 9.47 Å². The number of benzene rings is 1. The standard InChI is InChI=1S/C9H10O5S/c1-13-7-3-5-8(6-4-7)15(11,12)9(10)14-2/h3-6H,1-2H3. The van der Waals surface area contributed by atoms with Crippen molar-refractivity contribution in [2.75, 3.05) is 14.2 Å². The molecule has 0 saturated heterocycles. The highest BCUT2D eigenvalue weighted by atomic mass is 32.2. The second-order valence-electron chi connectivity index (χ2n) is 2.63. The third-order valence-electron chi connectivity index (χ3n) is 1.76. The summed E-state index contributed by atoms with van der Waals surface area (Å²) in [5.41, 5.74) is 0. The molecule has 0 aromatic heterocycles. The van der Waals surface area contributed by atoms with Gasteiger partial charge >= 0.3 is 5.30 Å². The van der Waals surface area contributed by atoms with E-state index in [4.69, 9.17) is 4.74 Å². The number of sulfone groups is 1. The van der Waals surface area contributed by atoms with Gasteiger partial charge in [-0.3, -0.25) is 0 Å². The van der Waals surface area contributed by atoms with Gasteiger partial charge in [-0.05, 0) is 24.3 Å². The molecule has 0 N–H and O–H groups in total. The summed E-state index contributed by atoms with van der Waals surface area (Å²) in [6.45, 7) is 0. The largest absolute Gasteiger partial charge is 0.497 e. The van der Waals surface area contributed by atoms with Crippen LogP contribution in [0.4, 0.5) is 4.79 Å². The zero-order valence-corrected chi connectivity index (χ0v) is 9.08. The molecule has 5 nitrogen and oxygen atoms in total. The van der Waals surface area contributed by atoms with Crippen molar-refractivity contribution in [3.05, 3.63) is 24.3 Å². The lowest BCUT2D eigenvalue weighted by molar-refractivity contribution is 0.197. The molecule has 0 unspecified atom stereocenters. The third kappa shape index (κ3) is 2.27. The Balaban J connectivity index is 3.12. The average molecular weight is 230 g/mol. The maximum atomic E-state index is 11.4. The molecule has 82 valence electrons. The van der Waals surface area contributed by atoms with E-state index in [1.807, 2.05) is 0 Å². The lowest BCUT2D eigenvalue weighted by Gasteiger charge is -2.03. The highest BCUT2D eigenvalue weighted by Gasteiger charge is 2.25. The van der Waals surface area contributed by atoms with Crippen LogP contribution in [0, 0.1) is 0 Å². The molecule has 0 aliphatic carbocycles. The fourth-order valence-electron chi connectivity index (χ4n) is 0.961. The van der Waals surface area contributed by atoms with Crippen LogP contribution in [0.2, 0.25) is 0 Å². The van der Waals surface area contributed by atoms with Crippen molar-refractivity contribution in [2.45, 2.75) is 4.90 Å². The van der Waals surface area contributed by atoms with E-state index >= 15 is 0 Å². The van der Waals surface area contributed by atoms with E-state index in [-0.39, 0.29) is 4.90 Å². The molecule has 0 aliphatic heterocycles. The fraction of sp³-hybridized carbons (Fsp3) is 0.222. The number of ether oxygens (including phenoxy) is 2. The zero-order valence-electron chi connectivity index (χ0n) is 8.26. The Morgan fingerprint density at radius 1 is 1.13 bits per heavy atom. The van der Waals surface area contributed by atoms with Crippen LogP contribution in [0.5, 0.6) is 5.75 Å². The van der Waals surface area contributed by atoms with E-state index in [0.717, 1.165) is 7.11 Å². The lowest BCUT2D eigenvalue weighted by atomic mass is 10.3. The highest BCUT2D eigenvalue weighted by Crippen LogP contribution is 2.17. The minimum absolute atomic E-state index is 0.116. The van der Waals surface area contributed by atoms with E-state index in [0.29, 0.717) is 5.75 Å². The molecule has 0 fully saturated rings. The number of hydrogen-bond acceptors (Lipinski definition) is 5. The monoisotopic (exact) mass is 230 g/mol. The quantitative estimate of drug-likeness (QED) is 0.715. The second kappa shape index (κ2) is 4.31. The summed E-state index contributed by atoms with van der Waals surface area (Å²) >= 11 is 0. The van der Waals surface area contributed by atoms with Gasteiger partial charge in [0.15, 0.2) is 0 Å². The van der Waals surface area contributed by atoms with E-state index in [1.54, 1.807) is 0 Å². The van der Waals surface area contributed by atoms with Crippen molar-refractivity contribution in [2.24, 2.45) is 0 Å². The maximum absolute atomic E-state index is 11.4. The maximum Gasteiger partial charge on any atom is 0.429 e. The van der Waals surface area contributed by atoms with E-state index < -0.39 is 15.1 Å². The van der Waals surface area contributed by atoms with Gasteiger partial charge in [0.2, 0.25) is 0 Å². The Hall–Kier alpha value is -1.56. The molecular formula is C9H10O5S. The van der Waals surface area contributed by atoms with Gasteiger partial charge in [0, 0.05) is 0 Å². The van der Waals surface area contributed by atoms with Crippen LogP contribution in [-0.2, 0) is 14.6 Å². The molecule has 0 aliphatic rings. The van der Waals surface area contributed by atoms with Gasteiger partial charge in [-0.1, -0.05) is 0 Å². The van der Waals surface area contributed by atoms with Gasteiger partial charge in [-0.15, -0.1) is 0 Å². The molecule has 1 aromatic carbocycles. The predicted octanol–water partition coefficient (Wildman–Crippen LogP) is 1.24. The van der Waals surface area contributed by atoms with Gasteiger partial charge in [0.25, 0.3) is 9.84 Å². The molecule has 1 rings (SSSR count). The lowest BCUT2D eigenvalue weighted by Crippen LogP contribution is -2.14. The van der Waals surface area contributed by atoms with Gasteiger partial charge in [-0.25, -0.2) is 13.2 Å². The summed E-state index contributed by atoms with van der Waals surface area (Å²) in [6.07, 6.45) is 0. The molecular weight excluding hydrogens is 220 g/mol. The van der Waals surface area contributed by atoms with Crippen molar-refractivity contribution in [3.8, 4) is 5.75 Å². The second-order valence-corrected chi connectivity index (χ2v) is 4.44. The number of hydrogen-bond donors (Lipinski definition) is 0. The Morgan fingerprint density at radius 3 is 2.07 bits per heavy atom. The number of carbonyl (C=O) groups excluding carboxylic acids is 1. The molecule has 0 bridgehead atoms. The first-order valence-corrected chi connectivity index (χ1v) is 5.47. The molecule has 0 radical (unpaired) electrons. The van der Waals surface area contributed by atoms with Crippen molar-refractivity contribution >= 4 is 15.1 Å². The molecule has 0 saturated carbocycles. The molecule has 6 heteroatoms. The molecule has 0 spiro atoms. The summed E-state index contributed by atoms with van der Waals surface area (Å²) < 4.78 is 31.9.